The number of carbonyl (C=O) groups excluding carboxylic acids is 2. The fourth-order valence-electron chi connectivity index (χ4n) is 6.04. The van der Waals surface area contributed by atoms with Gasteiger partial charge in [0.15, 0.2) is 11.6 Å². The molecule has 42 heavy (non-hydrogen) atoms. The molecule has 5 nitrogen and oxygen atoms in total. The second-order valence-electron chi connectivity index (χ2n) is 11.8. The molecule has 5 rings (SSSR count). The number of hydrogen-bond donors (Lipinski definition) is 0. The Balaban J connectivity index is 1.09. The van der Waals surface area contributed by atoms with Crippen LogP contribution in [-0.4, -0.2) is 35.6 Å². The van der Waals surface area contributed by atoms with Gasteiger partial charge in [-0.2, -0.15) is 0 Å². The van der Waals surface area contributed by atoms with Crippen molar-refractivity contribution in [2.75, 3.05) is 19.0 Å². The van der Waals surface area contributed by atoms with E-state index in [2.05, 4.69) is 29.2 Å². The highest BCUT2D eigenvalue weighted by Gasteiger charge is 2.21. The highest BCUT2D eigenvalue weighted by atomic mass is 16.1. The normalized spacial score (nSPS) is 17.0. The second kappa shape index (κ2) is 13.7. The summed E-state index contributed by atoms with van der Waals surface area (Å²) in [6.45, 7) is 2.00. The number of carbonyl (C=O) groups is 2. The van der Waals surface area contributed by atoms with Crippen molar-refractivity contribution < 1.29 is 9.59 Å². The molecule has 0 aliphatic heterocycles. The van der Waals surface area contributed by atoms with Crippen LogP contribution in [0, 0.1) is 18.8 Å². The average molecular weight is 560 g/mol. The SMILES string of the molecule is Cc1ccc(C(=O)c2ccccc2C(=O)CCCC2CCC(/C=C/Cc3nc(N(C)C)c4ccccc4n3)CC2)cc1. The van der Waals surface area contributed by atoms with E-state index in [0.717, 1.165) is 47.4 Å². The summed E-state index contributed by atoms with van der Waals surface area (Å²) in [7, 11) is 4.05. The van der Waals surface area contributed by atoms with E-state index < -0.39 is 0 Å². The number of para-hydroxylation sites is 1. The van der Waals surface area contributed by atoms with Crippen molar-refractivity contribution in [2.45, 2.75) is 58.3 Å². The molecule has 1 heterocycles. The Labute approximate surface area is 249 Å². The number of anilines is 1. The molecule has 0 bridgehead atoms. The minimum atomic E-state index is -0.0874. The molecule has 1 aliphatic carbocycles. The van der Waals surface area contributed by atoms with Crippen LogP contribution in [0.2, 0.25) is 0 Å². The summed E-state index contributed by atoms with van der Waals surface area (Å²) >= 11 is 0. The lowest BCUT2D eigenvalue weighted by molar-refractivity contribution is 0.0962. The summed E-state index contributed by atoms with van der Waals surface area (Å²) in [6.07, 6.45) is 12.5. The molecule has 0 spiro atoms. The van der Waals surface area contributed by atoms with Gasteiger partial charge in [0.1, 0.15) is 11.6 Å². The zero-order valence-electron chi connectivity index (χ0n) is 25.1. The molecule has 216 valence electrons. The van der Waals surface area contributed by atoms with Gasteiger partial charge in [-0.25, -0.2) is 9.97 Å². The Morgan fingerprint density at radius 2 is 1.55 bits per heavy atom. The third-order valence-electron chi connectivity index (χ3n) is 8.46. The molecule has 1 aromatic heterocycles. The maximum absolute atomic E-state index is 13.1. The zero-order valence-corrected chi connectivity index (χ0v) is 25.1. The van der Waals surface area contributed by atoms with E-state index in [0.29, 0.717) is 34.9 Å². The molecule has 0 atom stereocenters. The first-order chi connectivity index (χ1) is 20.4. The van der Waals surface area contributed by atoms with Crippen LogP contribution in [0.25, 0.3) is 10.9 Å². The van der Waals surface area contributed by atoms with Gasteiger partial charge in [0.25, 0.3) is 0 Å². The first-order valence-corrected chi connectivity index (χ1v) is 15.2. The number of allylic oxidation sites excluding steroid dienone is 2. The summed E-state index contributed by atoms with van der Waals surface area (Å²) in [5, 5.41) is 1.08. The Hall–Kier alpha value is -4.12. The number of ketones is 2. The predicted octanol–water partition coefficient (Wildman–Crippen LogP) is 8.19. The Morgan fingerprint density at radius 1 is 0.857 bits per heavy atom. The monoisotopic (exact) mass is 559 g/mol. The minimum absolute atomic E-state index is 0.0658. The van der Waals surface area contributed by atoms with Crippen LogP contribution in [-0.2, 0) is 6.42 Å². The van der Waals surface area contributed by atoms with Gasteiger partial charge in [-0.3, -0.25) is 9.59 Å². The third kappa shape index (κ3) is 7.20. The lowest BCUT2D eigenvalue weighted by Crippen LogP contribution is -2.14. The highest BCUT2D eigenvalue weighted by Crippen LogP contribution is 2.33. The van der Waals surface area contributed by atoms with Crippen LogP contribution in [0.1, 0.15) is 82.6 Å². The van der Waals surface area contributed by atoms with Crippen molar-refractivity contribution in [3.63, 3.8) is 0 Å². The van der Waals surface area contributed by atoms with Crippen molar-refractivity contribution in [3.8, 4) is 0 Å². The Bertz CT molecular complexity index is 1560. The maximum atomic E-state index is 13.1. The topological polar surface area (TPSA) is 63.2 Å². The molecule has 0 amide bonds. The molecule has 0 saturated heterocycles. The fraction of sp³-hybridized carbons (Fsp3) is 0.351. The van der Waals surface area contributed by atoms with Crippen LogP contribution in [0.5, 0.6) is 0 Å². The van der Waals surface area contributed by atoms with Gasteiger partial charge in [-0.1, -0.05) is 84.8 Å². The van der Waals surface area contributed by atoms with E-state index in [9.17, 15) is 9.59 Å². The first kappa shape index (κ1) is 29.4. The van der Waals surface area contributed by atoms with Crippen LogP contribution in [0.4, 0.5) is 5.82 Å². The van der Waals surface area contributed by atoms with Crippen molar-refractivity contribution in [3.05, 3.63) is 113 Å². The zero-order chi connectivity index (χ0) is 29.5. The number of aryl methyl sites for hydroxylation is 1. The van der Waals surface area contributed by atoms with E-state index in [1.807, 2.05) is 69.6 Å². The number of hydrogen-bond acceptors (Lipinski definition) is 5. The van der Waals surface area contributed by atoms with Gasteiger partial charge >= 0.3 is 0 Å². The van der Waals surface area contributed by atoms with Gasteiger partial charge < -0.3 is 4.90 Å². The average Bonchev–Trinajstić information content (AvgIpc) is 3.01. The molecule has 0 radical (unpaired) electrons. The lowest BCUT2D eigenvalue weighted by Gasteiger charge is -2.26. The molecule has 0 N–H and O–H groups in total. The highest BCUT2D eigenvalue weighted by molar-refractivity contribution is 6.15. The quantitative estimate of drug-likeness (QED) is 0.137. The first-order valence-electron chi connectivity index (χ1n) is 15.2. The Morgan fingerprint density at radius 3 is 2.29 bits per heavy atom. The van der Waals surface area contributed by atoms with E-state index in [4.69, 9.17) is 9.97 Å². The molecule has 0 unspecified atom stereocenters. The summed E-state index contributed by atoms with van der Waals surface area (Å²) < 4.78 is 0. The van der Waals surface area contributed by atoms with Gasteiger partial charge in [-0.15, -0.1) is 0 Å². The van der Waals surface area contributed by atoms with E-state index in [1.165, 1.54) is 25.7 Å². The van der Waals surface area contributed by atoms with Crippen LogP contribution in [0.15, 0.2) is 84.9 Å². The van der Waals surface area contributed by atoms with E-state index >= 15 is 0 Å². The molecular formula is C37H41N3O2. The molecule has 1 fully saturated rings. The number of benzene rings is 3. The molecule has 3 aromatic carbocycles. The molecule has 4 aromatic rings. The van der Waals surface area contributed by atoms with E-state index in [1.54, 1.807) is 12.1 Å². The Kier molecular flexibility index (Phi) is 9.58. The largest absolute Gasteiger partial charge is 0.362 e. The van der Waals surface area contributed by atoms with Crippen molar-refractivity contribution in [2.24, 2.45) is 11.8 Å². The van der Waals surface area contributed by atoms with Crippen molar-refractivity contribution in [1.82, 2.24) is 9.97 Å². The minimum Gasteiger partial charge on any atom is -0.362 e. The summed E-state index contributed by atoms with van der Waals surface area (Å²) in [4.78, 5) is 37.9. The number of rotatable bonds is 11. The van der Waals surface area contributed by atoms with Gasteiger partial charge in [0.2, 0.25) is 0 Å². The summed E-state index contributed by atoms with van der Waals surface area (Å²) in [6, 6.07) is 23.0. The second-order valence-corrected chi connectivity index (χ2v) is 11.8. The van der Waals surface area contributed by atoms with E-state index in [-0.39, 0.29) is 11.6 Å². The molecule has 1 saturated carbocycles. The third-order valence-corrected chi connectivity index (χ3v) is 8.46. The van der Waals surface area contributed by atoms with Gasteiger partial charge in [-0.05, 0) is 63.0 Å². The van der Waals surface area contributed by atoms with Gasteiger partial charge in [0.05, 0.1) is 5.52 Å². The van der Waals surface area contributed by atoms with Crippen molar-refractivity contribution >= 4 is 28.3 Å². The lowest BCUT2D eigenvalue weighted by atomic mass is 9.79. The molecule has 5 heteroatoms. The summed E-state index contributed by atoms with van der Waals surface area (Å²) in [5.41, 5.74) is 3.76. The smallest absolute Gasteiger partial charge is 0.193 e. The van der Waals surface area contributed by atoms with Crippen LogP contribution < -0.4 is 4.90 Å². The molecular weight excluding hydrogens is 518 g/mol. The predicted molar refractivity (Wildman–Crippen MR) is 171 cm³/mol. The summed E-state index contributed by atoms with van der Waals surface area (Å²) in [5.74, 6) is 3.06. The number of Topliss-reactive ketones (excluding diaryl/α,β-unsaturated/α-hetero) is 1. The van der Waals surface area contributed by atoms with Crippen LogP contribution in [0.3, 0.4) is 0 Å². The number of aromatic nitrogens is 2. The molecule has 1 aliphatic rings. The standard InChI is InChI=1S/C37H41N3O2/c1-26-18-24-29(25-19-26)36(42)31-13-5-4-12-30(31)34(41)16-8-10-27-20-22-28(23-21-27)11-9-17-35-38-33-15-7-6-14-32(33)37(39-35)40(2)3/h4-7,9,11-15,18-19,24-25,27-28H,8,10,16-17,20-23H2,1-3H3/b11-9+. The maximum Gasteiger partial charge on any atom is 0.193 e. The van der Waals surface area contributed by atoms with Gasteiger partial charge in [0, 0.05) is 49.0 Å². The van der Waals surface area contributed by atoms with Crippen LogP contribution >= 0.6 is 0 Å². The fourth-order valence-corrected chi connectivity index (χ4v) is 6.04. The van der Waals surface area contributed by atoms with Crippen molar-refractivity contribution in [1.29, 1.82) is 0 Å². The number of nitrogens with zero attached hydrogens (tertiary/aromatic N) is 3. The number of fused-ring (bicyclic) bond motifs is 1.